The molecule has 0 aliphatic carbocycles. The van der Waals surface area contributed by atoms with E-state index in [1.165, 1.54) is 17.2 Å². The molecule has 1 atom stereocenters. The number of tetrazole rings is 1. The zero-order valence-electron chi connectivity index (χ0n) is 9.88. The van der Waals surface area contributed by atoms with E-state index in [1.807, 2.05) is 0 Å². The van der Waals surface area contributed by atoms with Crippen molar-refractivity contribution in [3.05, 3.63) is 35.9 Å². The molecular formula is C12H14FN5. The van der Waals surface area contributed by atoms with Crippen molar-refractivity contribution in [2.24, 2.45) is 0 Å². The third-order valence-electron chi connectivity index (χ3n) is 3.21. The second-order valence-corrected chi connectivity index (χ2v) is 4.46. The van der Waals surface area contributed by atoms with Gasteiger partial charge in [-0.2, -0.15) is 4.68 Å². The van der Waals surface area contributed by atoms with Crippen molar-refractivity contribution in [2.45, 2.75) is 25.3 Å². The lowest BCUT2D eigenvalue weighted by Gasteiger charge is -2.10. The minimum Gasteiger partial charge on any atom is -0.314 e. The van der Waals surface area contributed by atoms with Crippen LogP contribution in [0, 0.1) is 5.82 Å². The highest BCUT2D eigenvalue weighted by Gasteiger charge is 2.19. The Balaban J connectivity index is 1.89. The van der Waals surface area contributed by atoms with E-state index in [4.69, 9.17) is 0 Å². The fourth-order valence-corrected chi connectivity index (χ4v) is 2.29. The van der Waals surface area contributed by atoms with Crippen molar-refractivity contribution in [3.63, 3.8) is 0 Å². The molecule has 0 spiro atoms. The van der Waals surface area contributed by atoms with Crippen LogP contribution in [-0.4, -0.2) is 32.8 Å². The lowest BCUT2D eigenvalue weighted by molar-refractivity contribution is 0.564. The van der Waals surface area contributed by atoms with Crippen molar-refractivity contribution in [1.29, 1.82) is 0 Å². The van der Waals surface area contributed by atoms with Crippen molar-refractivity contribution in [3.8, 4) is 5.69 Å². The highest BCUT2D eigenvalue weighted by molar-refractivity contribution is 5.32. The van der Waals surface area contributed by atoms with E-state index >= 15 is 0 Å². The number of nitrogens with one attached hydrogen (secondary N) is 1. The number of hydrogen-bond donors (Lipinski definition) is 1. The number of aromatic nitrogens is 4. The summed E-state index contributed by atoms with van der Waals surface area (Å²) in [5, 5.41) is 14.9. The fourth-order valence-electron chi connectivity index (χ4n) is 2.29. The van der Waals surface area contributed by atoms with Gasteiger partial charge in [0.05, 0.1) is 0 Å². The standard InChI is InChI=1S/C12H14FN5/c13-10-5-1-2-6-11(10)18-12(15-16-17-18)8-9-4-3-7-14-9/h1-2,5-6,9,14H,3-4,7-8H2. The average molecular weight is 247 g/mol. The number of para-hydroxylation sites is 1. The van der Waals surface area contributed by atoms with Crippen LogP contribution < -0.4 is 5.32 Å². The molecular weight excluding hydrogens is 233 g/mol. The van der Waals surface area contributed by atoms with E-state index < -0.39 is 0 Å². The Hall–Kier alpha value is -1.82. The summed E-state index contributed by atoms with van der Waals surface area (Å²) in [6.45, 7) is 1.03. The fraction of sp³-hybridized carbons (Fsp3) is 0.417. The molecule has 2 aromatic rings. The predicted molar refractivity (Wildman–Crippen MR) is 63.8 cm³/mol. The summed E-state index contributed by atoms with van der Waals surface area (Å²) >= 11 is 0. The Morgan fingerprint density at radius 3 is 3.06 bits per heavy atom. The molecule has 6 heteroatoms. The molecule has 1 N–H and O–H groups in total. The summed E-state index contributed by atoms with van der Waals surface area (Å²) < 4.78 is 15.2. The minimum atomic E-state index is -0.314. The Bertz CT molecular complexity index is 533. The molecule has 2 heterocycles. The van der Waals surface area contributed by atoms with Gasteiger partial charge in [-0.05, 0) is 41.9 Å². The predicted octanol–water partition coefficient (Wildman–Crippen LogP) is 1.10. The van der Waals surface area contributed by atoms with Gasteiger partial charge in [0.2, 0.25) is 0 Å². The SMILES string of the molecule is Fc1ccccc1-n1nnnc1CC1CCCN1. The van der Waals surface area contributed by atoms with Crippen LogP contribution in [-0.2, 0) is 6.42 Å². The molecule has 0 amide bonds. The van der Waals surface area contributed by atoms with E-state index in [-0.39, 0.29) is 5.82 Å². The molecule has 94 valence electrons. The molecule has 1 aliphatic heterocycles. The molecule has 1 aliphatic rings. The average Bonchev–Trinajstić information content (AvgIpc) is 3.02. The summed E-state index contributed by atoms with van der Waals surface area (Å²) in [4.78, 5) is 0. The van der Waals surface area contributed by atoms with Crippen LogP contribution in [0.25, 0.3) is 5.69 Å². The van der Waals surface area contributed by atoms with Gasteiger partial charge in [0.25, 0.3) is 0 Å². The Labute approximate surface area is 104 Å². The van der Waals surface area contributed by atoms with E-state index in [0.29, 0.717) is 17.6 Å². The van der Waals surface area contributed by atoms with Crippen molar-refractivity contribution >= 4 is 0 Å². The van der Waals surface area contributed by atoms with Gasteiger partial charge in [-0.3, -0.25) is 0 Å². The molecule has 1 unspecified atom stereocenters. The highest BCUT2D eigenvalue weighted by Crippen LogP contribution is 2.15. The quantitative estimate of drug-likeness (QED) is 0.882. The second-order valence-electron chi connectivity index (χ2n) is 4.46. The first kappa shape index (κ1) is 11.3. The van der Waals surface area contributed by atoms with E-state index in [1.54, 1.807) is 18.2 Å². The first-order valence-electron chi connectivity index (χ1n) is 6.10. The van der Waals surface area contributed by atoms with Crippen LogP contribution in [0.4, 0.5) is 4.39 Å². The largest absolute Gasteiger partial charge is 0.314 e. The summed E-state index contributed by atoms with van der Waals surface area (Å²) in [6, 6.07) is 6.91. The van der Waals surface area contributed by atoms with Crippen LogP contribution in [0.3, 0.4) is 0 Å². The smallest absolute Gasteiger partial charge is 0.158 e. The lowest BCUT2D eigenvalue weighted by atomic mass is 10.1. The number of benzene rings is 1. The van der Waals surface area contributed by atoms with Crippen LogP contribution in [0.1, 0.15) is 18.7 Å². The maximum Gasteiger partial charge on any atom is 0.158 e. The van der Waals surface area contributed by atoms with Crippen molar-refractivity contribution in [2.75, 3.05) is 6.54 Å². The molecule has 5 nitrogen and oxygen atoms in total. The first-order chi connectivity index (χ1) is 8.84. The third kappa shape index (κ3) is 2.11. The summed E-state index contributed by atoms with van der Waals surface area (Å²) in [5.74, 6) is 0.380. The van der Waals surface area contributed by atoms with E-state index in [9.17, 15) is 4.39 Å². The highest BCUT2D eigenvalue weighted by atomic mass is 19.1. The zero-order valence-corrected chi connectivity index (χ0v) is 9.88. The molecule has 0 bridgehead atoms. The molecule has 1 fully saturated rings. The zero-order chi connectivity index (χ0) is 12.4. The monoisotopic (exact) mass is 247 g/mol. The molecule has 0 saturated carbocycles. The molecule has 1 saturated heterocycles. The lowest BCUT2D eigenvalue weighted by Crippen LogP contribution is -2.25. The number of nitrogens with zero attached hydrogens (tertiary/aromatic N) is 4. The van der Waals surface area contributed by atoms with Gasteiger partial charge in [-0.25, -0.2) is 4.39 Å². The van der Waals surface area contributed by atoms with Crippen LogP contribution in [0.5, 0.6) is 0 Å². The summed E-state index contributed by atoms with van der Waals surface area (Å²) in [7, 11) is 0. The maximum atomic E-state index is 13.7. The van der Waals surface area contributed by atoms with Gasteiger partial charge in [0.1, 0.15) is 11.5 Å². The van der Waals surface area contributed by atoms with Gasteiger partial charge in [-0.1, -0.05) is 12.1 Å². The molecule has 1 aromatic carbocycles. The molecule has 3 rings (SSSR count). The van der Waals surface area contributed by atoms with E-state index in [0.717, 1.165) is 19.4 Å². The topological polar surface area (TPSA) is 55.6 Å². The van der Waals surface area contributed by atoms with Gasteiger partial charge in [0, 0.05) is 12.5 Å². The normalized spacial score (nSPS) is 19.3. The number of hydrogen-bond acceptors (Lipinski definition) is 4. The van der Waals surface area contributed by atoms with Crippen molar-refractivity contribution < 1.29 is 4.39 Å². The second kappa shape index (κ2) is 4.81. The van der Waals surface area contributed by atoms with Crippen LogP contribution in [0.15, 0.2) is 24.3 Å². The Morgan fingerprint density at radius 2 is 2.28 bits per heavy atom. The Kier molecular flexibility index (Phi) is 3.02. The van der Waals surface area contributed by atoms with Gasteiger partial charge >= 0.3 is 0 Å². The van der Waals surface area contributed by atoms with Crippen LogP contribution >= 0.6 is 0 Å². The summed E-state index contributed by atoms with van der Waals surface area (Å²) in [5.41, 5.74) is 0.399. The number of halogens is 1. The maximum absolute atomic E-state index is 13.7. The number of rotatable bonds is 3. The third-order valence-corrected chi connectivity index (χ3v) is 3.21. The molecule has 1 aromatic heterocycles. The van der Waals surface area contributed by atoms with Crippen molar-refractivity contribution in [1.82, 2.24) is 25.5 Å². The summed E-state index contributed by atoms with van der Waals surface area (Å²) in [6.07, 6.45) is 3.01. The molecule has 18 heavy (non-hydrogen) atoms. The van der Waals surface area contributed by atoms with E-state index in [2.05, 4.69) is 20.8 Å². The minimum absolute atomic E-state index is 0.314. The molecule has 0 radical (unpaired) electrons. The van der Waals surface area contributed by atoms with Gasteiger partial charge in [-0.15, -0.1) is 5.10 Å². The first-order valence-corrected chi connectivity index (χ1v) is 6.10. The van der Waals surface area contributed by atoms with Crippen LogP contribution in [0.2, 0.25) is 0 Å². The Morgan fingerprint density at radius 1 is 1.39 bits per heavy atom. The van der Waals surface area contributed by atoms with Gasteiger partial charge in [0.15, 0.2) is 5.82 Å². The van der Waals surface area contributed by atoms with Gasteiger partial charge < -0.3 is 5.32 Å².